The second-order valence-electron chi connectivity index (χ2n) is 17.6. The maximum Gasteiger partial charge on any atom is 0.0680 e. The van der Waals surface area contributed by atoms with Gasteiger partial charge in [-0.15, -0.1) is 11.3 Å². The van der Waals surface area contributed by atoms with E-state index in [1.165, 1.54) is 104 Å². The average Bonchev–Trinajstić information content (AvgIpc) is 3.93. The molecule has 0 bridgehead atoms. The van der Waals surface area contributed by atoms with Gasteiger partial charge in [-0.2, -0.15) is 0 Å². The van der Waals surface area contributed by atoms with Crippen molar-refractivity contribution in [2.75, 3.05) is 0 Å². The Morgan fingerprint density at radius 1 is 0.548 bits per heavy atom. The first-order valence-electron chi connectivity index (χ1n) is 21.9. The number of hydrogen-bond acceptors (Lipinski definition) is 1. The standard InChI is InChI=1S/C61H48S/c1-5-6-8-19-40(2)61(52-27-15-11-23-46(52)47-24-12-16-28-53(47)61)55-30-18-31-57-59(55)50-38-44(36-37-56(50)62-57)49(43-34-32-42(33-35-43)41-20-9-7-10-21-41)39-45-22-17-29-54-58(45)48-25-13-14-26-51(48)60(54,3)4/h5-38,49H,1,39H2,2-4H3/b8-6-,40-19+. The molecule has 8 aromatic carbocycles. The second-order valence-corrected chi connectivity index (χ2v) is 18.7. The average molecular weight is 813 g/mol. The van der Waals surface area contributed by atoms with Crippen LogP contribution in [-0.4, -0.2) is 0 Å². The Morgan fingerprint density at radius 2 is 1.15 bits per heavy atom. The van der Waals surface area contributed by atoms with Crippen LogP contribution >= 0.6 is 11.3 Å². The lowest BCUT2D eigenvalue weighted by Gasteiger charge is -2.35. The van der Waals surface area contributed by atoms with E-state index in [0.29, 0.717) is 0 Å². The van der Waals surface area contributed by atoms with Crippen LogP contribution in [0.15, 0.2) is 218 Å². The summed E-state index contributed by atoms with van der Waals surface area (Å²) in [5.41, 5.74) is 19.5. The third-order valence-electron chi connectivity index (χ3n) is 14.0. The molecular weight excluding hydrogens is 765 g/mol. The van der Waals surface area contributed by atoms with Gasteiger partial charge >= 0.3 is 0 Å². The van der Waals surface area contributed by atoms with E-state index in [2.05, 4.69) is 221 Å². The van der Waals surface area contributed by atoms with Gasteiger partial charge in [-0.1, -0.05) is 214 Å². The van der Waals surface area contributed by atoms with Crippen LogP contribution in [0.4, 0.5) is 0 Å². The van der Waals surface area contributed by atoms with Gasteiger partial charge in [0.1, 0.15) is 0 Å². The highest BCUT2D eigenvalue weighted by Crippen LogP contribution is 2.59. The van der Waals surface area contributed by atoms with Gasteiger partial charge in [0, 0.05) is 31.5 Å². The zero-order valence-electron chi connectivity index (χ0n) is 35.5. The zero-order valence-corrected chi connectivity index (χ0v) is 36.3. The summed E-state index contributed by atoms with van der Waals surface area (Å²) in [6, 6.07) is 68.7. The van der Waals surface area contributed by atoms with Crippen molar-refractivity contribution in [3.8, 4) is 33.4 Å². The highest BCUT2D eigenvalue weighted by Gasteiger charge is 2.47. The van der Waals surface area contributed by atoms with E-state index in [1.807, 2.05) is 23.5 Å². The molecule has 0 saturated carbocycles. The summed E-state index contributed by atoms with van der Waals surface area (Å²) in [5.74, 6) is 0.126. The molecule has 0 aliphatic heterocycles. The van der Waals surface area contributed by atoms with Gasteiger partial charge in [-0.25, -0.2) is 0 Å². The number of allylic oxidation sites excluding steroid dienone is 5. The quantitative estimate of drug-likeness (QED) is 0.127. The van der Waals surface area contributed by atoms with Crippen LogP contribution in [0.2, 0.25) is 0 Å². The summed E-state index contributed by atoms with van der Waals surface area (Å²) in [6.07, 6.45) is 9.22. The second kappa shape index (κ2) is 15.0. The molecule has 62 heavy (non-hydrogen) atoms. The molecule has 2 aliphatic carbocycles. The first-order valence-corrected chi connectivity index (χ1v) is 22.7. The van der Waals surface area contributed by atoms with E-state index < -0.39 is 5.41 Å². The Morgan fingerprint density at radius 3 is 1.87 bits per heavy atom. The minimum absolute atomic E-state index is 0.0544. The molecule has 0 fully saturated rings. The van der Waals surface area contributed by atoms with Crippen LogP contribution in [0.3, 0.4) is 0 Å². The molecule has 1 heterocycles. The smallest absolute Gasteiger partial charge is 0.0680 e. The van der Waals surface area contributed by atoms with Gasteiger partial charge in [0.05, 0.1) is 5.41 Å². The molecule has 1 heteroatoms. The van der Waals surface area contributed by atoms with E-state index in [4.69, 9.17) is 0 Å². The predicted octanol–water partition coefficient (Wildman–Crippen LogP) is 16.4. The van der Waals surface area contributed by atoms with Gasteiger partial charge in [0.25, 0.3) is 0 Å². The Hall–Kier alpha value is -6.80. The fraction of sp³-hybridized carbons (Fsp3) is 0.115. The van der Waals surface area contributed by atoms with Gasteiger partial charge in [-0.3, -0.25) is 0 Å². The molecular formula is C61H48S. The third kappa shape index (κ3) is 5.79. The van der Waals surface area contributed by atoms with Crippen molar-refractivity contribution in [1.82, 2.24) is 0 Å². The molecule has 2 aliphatic rings. The Balaban J connectivity index is 1.14. The van der Waals surface area contributed by atoms with Gasteiger partial charge in [-0.05, 0) is 109 Å². The molecule has 298 valence electrons. The molecule has 0 amide bonds. The SMILES string of the molecule is C=C/C=C\C=C(/C)C1(c2cccc3sc4ccc(C(Cc5cccc6c5-c5ccccc5C6(C)C)c5ccc(-c6ccccc6)cc5)cc4c23)c2ccccc2-c2ccccc21. The molecule has 1 aromatic heterocycles. The van der Waals surface area contributed by atoms with E-state index in [9.17, 15) is 0 Å². The molecule has 0 saturated heterocycles. The Labute approximate surface area is 369 Å². The largest absolute Gasteiger partial charge is 0.135 e. The maximum absolute atomic E-state index is 3.98. The minimum atomic E-state index is -0.486. The number of fused-ring (bicyclic) bond motifs is 9. The monoisotopic (exact) mass is 812 g/mol. The van der Waals surface area contributed by atoms with E-state index in [1.54, 1.807) is 0 Å². The van der Waals surface area contributed by atoms with Crippen molar-refractivity contribution in [2.24, 2.45) is 0 Å². The predicted molar refractivity (Wildman–Crippen MR) is 266 cm³/mol. The van der Waals surface area contributed by atoms with Crippen LogP contribution in [-0.2, 0) is 17.3 Å². The number of rotatable bonds is 9. The minimum Gasteiger partial charge on any atom is -0.135 e. The van der Waals surface area contributed by atoms with Gasteiger partial charge in [0.15, 0.2) is 0 Å². The lowest BCUT2D eigenvalue weighted by Crippen LogP contribution is -2.28. The van der Waals surface area contributed by atoms with Crippen LogP contribution in [0.5, 0.6) is 0 Å². The molecule has 0 N–H and O–H groups in total. The summed E-state index contributed by atoms with van der Waals surface area (Å²) in [5, 5.41) is 2.67. The molecule has 11 rings (SSSR count). The fourth-order valence-electron chi connectivity index (χ4n) is 11.1. The Bertz CT molecular complexity index is 3210. The topological polar surface area (TPSA) is 0 Å². The lowest BCUT2D eigenvalue weighted by atomic mass is 9.66. The summed E-state index contributed by atoms with van der Waals surface area (Å²) in [7, 11) is 0. The van der Waals surface area contributed by atoms with Crippen molar-refractivity contribution in [1.29, 1.82) is 0 Å². The van der Waals surface area contributed by atoms with E-state index in [-0.39, 0.29) is 11.3 Å². The van der Waals surface area contributed by atoms with Crippen LogP contribution in [0.1, 0.15) is 71.2 Å². The molecule has 1 unspecified atom stereocenters. The summed E-state index contributed by atoms with van der Waals surface area (Å²) in [6.45, 7) is 11.1. The third-order valence-corrected chi connectivity index (χ3v) is 15.1. The Kier molecular flexibility index (Phi) is 9.22. The normalized spacial score (nSPS) is 15.0. The van der Waals surface area contributed by atoms with Gasteiger partial charge < -0.3 is 0 Å². The molecule has 1 atom stereocenters. The van der Waals surface area contributed by atoms with Crippen molar-refractivity contribution >= 4 is 31.5 Å². The number of hydrogen-bond donors (Lipinski definition) is 0. The van der Waals surface area contributed by atoms with Gasteiger partial charge in [0.2, 0.25) is 0 Å². The maximum atomic E-state index is 3.98. The lowest BCUT2D eigenvalue weighted by molar-refractivity contribution is 0.659. The van der Waals surface area contributed by atoms with Crippen LogP contribution in [0.25, 0.3) is 53.6 Å². The number of thiophene rings is 1. The first kappa shape index (κ1) is 38.1. The van der Waals surface area contributed by atoms with Crippen molar-refractivity contribution in [2.45, 2.75) is 43.9 Å². The zero-order chi connectivity index (χ0) is 42.0. The molecule has 0 nitrogen and oxygen atoms in total. The highest BCUT2D eigenvalue weighted by atomic mass is 32.1. The van der Waals surface area contributed by atoms with Crippen molar-refractivity contribution < 1.29 is 0 Å². The fourth-order valence-corrected chi connectivity index (χ4v) is 12.2. The van der Waals surface area contributed by atoms with E-state index >= 15 is 0 Å². The van der Waals surface area contributed by atoms with E-state index in [0.717, 1.165) is 6.42 Å². The summed E-state index contributed by atoms with van der Waals surface area (Å²) < 4.78 is 2.63. The molecule has 0 spiro atoms. The first-order chi connectivity index (χ1) is 30.4. The molecule has 9 aromatic rings. The van der Waals surface area contributed by atoms with Crippen LogP contribution < -0.4 is 0 Å². The van der Waals surface area contributed by atoms with Crippen LogP contribution in [0, 0.1) is 0 Å². The highest BCUT2D eigenvalue weighted by molar-refractivity contribution is 7.25. The van der Waals surface area contributed by atoms with Crippen molar-refractivity contribution in [3.63, 3.8) is 0 Å². The summed E-state index contributed by atoms with van der Waals surface area (Å²) in [4.78, 5) is 0. The van der Waals surface area contributed by atoms with Crippen molar-refractivity contribution in [3.05, 3.63) is 263 Å². The summed E-state index contributed by atoms with van der Waals surface area (Å²) >= 11 is 1.91. The molecule has 0 radical (unpaired) electrons. The number of benzene rings is 8.